The number of hydrogen-bond acceptors (Lipinski definition) is 6. The number of thioether (sulfide) groups is 1. The lowest BCUT2D eigenvalue weighted by atomic mass is 9.64. The van der Waals surface area contributed by atoms with E-state index in [1.807, 2.05) is 25.1 Å². The Kier molecular flexibility index (Phi) is 5.85. The summed E-state index contributed by atoms with van der Waals surface area (Å²) in [6.45, 7) is 6.25. The van der Waals surface area contributed by atoms with Crippen LogP contribution < -0.4 is 9.47 Å². The summed E-state index contributed by atoms with van der Waals surface area (Å²) in [5.74, 6) is 1.46. The monoisotopic (exact) mass is 398 g/mol. The van der Waals surface area contributed by atoms with Crippen LogP contribution in [0, 0.1) is 22.7 Å². The maximum atomic E-state index is 13.2. The van der Waals surface area contributed by atoms with Crippen molar-refractivity contribution < 1.29 is 14.3 Å². The molecule has 1 fully saturated rings. The number of nitriles is 1. The minimum Gasteiger partial charge on any atom is -0.493 e. The van der Waals surface area contributed by atoms with E-state index in [9.17, 15) is 10.1 Å². The van der Waals surface area contributed by atoms with Crippen LogP contribution in [-0.4, -0.2) is 31.5 Å². The number of ketones is 1. The van der Waals surface area contributed by atoms with Crippen LogP contribution in [0.25, 0.3) is 0 Å². The van der Waals surface area contributed by atoms with Crippen LogP contribution in [0.3, 0.4) is 0 Å². The highest BCUT2D eigenvalue weighted by Gasteiger charge is 2.46. The van der Waals surface area contributed by atoms with Crippen molar-refractivity contribution >= 4 is 23.3 Å². The number of nitrogens with zero attached hydrogens (tertiary/aromatic N) is 2. The molecule has 1 saturated carbocycles. The molecule has 3 rings (SSSR count). The summed E-state index contributed by atoms with van der Waals surface area (Å²) < 4.78 is 10.8. The lowest BCUT2D eigenvalue weighted by Crippen LogP contribution is -2.42. The third kappa shape index (κ3) is 3.68. The highest BCUT2D eigenvalue weighted by Crippen LogP contribution is 2.49. The number of carbonyl (C=O) groups excluding carboxylic acids is 1. The Morgan fingerprint density at radius 2 is 1.93 bits per heavy atom. The first-order valence-electron chi connectivity index (χ1n) is 9.44. The predicted molar refractivity (Wildman–Crippen MR) is 112 cm³/mol. The van der Waals surface area contributed by atoms with Gasteiger partial charge in [-0.3, -0.25) is 4.79 Å². The number of carbonyl (C=O) groups is 1. The molecule has 1 heterocycles. The van der Waals surface area contributed by atoms with Gasteiger partial charge in [-0.25, -0.2) is 4.99 Å². The number of aliphatic imine (C=N–C) groups is 1. The molecule has 1 aliphatic heterocycles. The molecule has 0 saturated heterocycles. The fourth-order valence-electron chi connectivity index (χ4n) is 4.18. The van der Waals surface area contributed by atoms with Crippen molar-refractivity contribution in [3.05, 3.63) is 34.4 Å². The predicted octanol–water partition coefficient (Wildman–Crippen LogP) is 4.74. The van der Waals surface area contributed by atoms with Crippen LogP contribution in [0.1, 0.15) is 45.1 Å². The SMILES string of the molecule is CCSC1=C(C#N)[C@H](c2ccc(OC)c(OC)c2)C2C(=O)CC(C)(C)CC2=N1. The third-order valence-corrected chi connectivity index (χ3v) is 6.18. The van der Waals surface area contributed by atoms with Crippen molar-refractivity contribution in [3.8, 4) is 17.6 Å². The van der Waals surface area contributed by atoms with Gasteiger partial charge >= 0.3 is 0 Å². The van der Waals surface area contributed by atoms with Crippen molar-refractivity contribution in [2.24, 2.45) is 16.3 Å². The summed E-state index contributed by atoms with van der Waals surface area (Å²) >= 11 is 1.56. The topological polar surface area (TPSA) is 71.7 Å². The first-order chi connectivity index (χ1) is 13.3. The van der Waals surface area contributed by atoms with Crippen LogP contribution in [0.2, 0.25) is 0 Å². The van der Waals surface area contributed by atoms with Gasteiger partial charge in [-0.2, -0.15) is 5.26 Å². The zero-order valence-electron chi connectivity index (χ0n) is 17.0. The van der Waals surface area contributed by atoms with Crippen molar-refractivity contribution in [1.29, 1.82) is 5.26 Å². The number of rotatable bonds is 5. The van der Waals surface area contributed by atoms with E-state index in [0.29, 0.717) is 23.5 Å². The van der Waals surface area contributed by atoms with E-state index in [-0.39, 0.29) is 23.0 Å². The Morgan fingerprint density at radius 3 is 2.54 bits per heavy atom. The van der Waals surface area contributed by atoms with Gasteiger partial charge in [0.25, 0.3) is 0 Å². The van der Waals surface area contributed by atoms with Crippen LogP contribution >= 0.6 is 11.8 Å². The van der Waals surface area contributed by atoms with Gasteiger partial charge in [0.05, 0.1) is 31.8 Å². The summed E-state index contributed by atoms with van der Waals surface area (Å²) in [6, 6.07) is 7.99. The van der Waals surface area contributed by atoms with Crippen molar-refractivity contribution in [1.82, 2.24) is 0 Å². The molecule has 0 radical (unpaired) electrons. The Bertz CT molecular complexity index is 896. The number of fused-ring (bicyclic) bond motifs is 1. The summed E-state index contributed by atoms with van der Waals surface area (Å²) in [7, 11) is 3.18. The van der Waals surface area contributed by atoms with Gasteiger partial charge in [-0.1, -0.05) is 26.8 Å². The molecule has 0 spiro atoms. The normalized spacial score (nSPS) is 23.6. The molecule has 1 aromatic rings. The molecule has 0 bridgehead atoms. The van der Waals surface area contributed by atoms with Crippen LogP contribution in [-0.2, 0) is 4.79 Å². The molecular weight excluding hydrogens is 372 g/mol. The molecule has 5 nitrogen and oxygen atoms in total. The van der Waals surface area contributed by atoms with E-state index in [1.54, 1.807) is 26.0 Å². The lowest BCUT2D eigenvalue weighted by molar-refractivity contribution is -0.124. The molecule has 6 heteroatoms. The van der Waals surface area contributed by atoms with Crippen LogP contribution in [0.15, 0.2) is 33.8 Å². The first kappa shape index (κ1) is 20.5. The second-order valence-corrected chi connectivity index (χ2v) is 9.17. The number of benzene rings is 1. The first-order valence-corrected chi connectivity index (χ1v) is 10.4. The smallest absolute Gasteiger partial charge is 0.161 e. The molecular formula is C22H26N2O3S. The average Bonchev–Trinajstić information content (AvgIpc) is 2.65. The quantitative estimate of drug-likeness (QED) is 0.717. The number of Topliss-reactive ketones (excluding diaryl/α,β-unsaturated/α-hetero) is 1. The highest BCUT2D eigenvalue weighted by molar-refractivity contribution is 8.03. The van der Waals surface area contributed by atoms with Crippen molar-refractivity contribution in [3.63, 3.8) is 0 Å². The second kappa shape index (κ2) is 8.00. The molecule has 28 heavy (non-hydrogen) atoms. The molecule has 148 valence electrons. The second-order valence-electron chi connectivity index (χ2n) is 7.92. The Hall–Kier alpha value is -2.26. The molecule has 2 aliphatic rings. The third-order valence-electron chi connectivity index (χ3n) is 5.31. The number of methoxy groups -OCH3 is 2. The summed E-state index contributed by atoms with van der Waals surface area (Å²) in [5.41, 5.74) is 2.24. The van der Waals surface area contributed by atoms with Gasteiger partial charge in [0.1, 0.15) is 10.8 Å². The number of ether oxygens (including phenoxy) is 2. The molecule has 0 amide bonds. The van der Waals surface area contributed by atoms with Gasteiger partial charge in [-0.15, -0.1) is 11.8 Å². The summed E-state index contributed by atoms with van der Waals surface area (Å²) in [6.07, 6.45) is 1.26. The zero-order chi connectivity index (χ0) is 20.5. The van der Waals surface area contributed by atoms with Gasteiger partial charge in [0, 0.05) is 18.1 Å². The van der Waals surface area contributed by atoms with Crippen molar-refractivity contribution in [2.75, 3.05) is 20.0 Å². The fourth-order valence-corrected chi connectivity index (χ4v) is 4.96. The number of hydrogen-bond donors (Lipinski definition) is 0. The van der Waals surface area contributed by atoms with E-state index in [4.69, 9.17) is 14.5 Å². The fraction of sp³-hybridized carbons (Fsp3) is 0.500. The molecule has 1 aliphatic carbocycles. The van der Waals surface area contributed by atoms with E-state index in [2.05, 4.69) is 19.9 Å². The van der Waals surface area contributed by atoms with Gasteiger partial charge in [0.15, 0.2) is 11.5 Å². The van der Waals surface area contributed by atoms with Gasteiger partial charge in [0.2, 0.25) is 0 Å². The average molecular weight is 399 g/mol. The van der Waals surface area contributed by atoms with E-state index >= 15 is 0 Å². The summed E-state index contributed by atoms with van der Waals surface area (Å²) in [5, 5.41) is 10.7. The van der Waals surface area contributed by atoms with E-state index < -0.39 is 0 Å². The molecule has 2 atom stereocenters. The van der Waals surface area contributed by atoms with Crippen LogP contribution in [0.5, 0.6) is 11.5 Å². The summed E-state index contributed by atoms with van der Waals surface area (Å²) in [4.78, 5) is 18.0. The molecule has 1 aromatic carbocycles. The maximum Gasteiger partial charge on any atom is 0.161 e. The minimum atomic E-state index is -0.387. The van der Waals surface area contributed by atoms with Gasteiger partial charge in [-0.05, 0) is 35.3 Å². The standard InChI is InChI=1S/C22H26N2O3S/c1-6-28-21-14(12-23)19(13-7-8-17(26-4)18(9-13)27-5)20-15(24-21)10-22(2,3)11-16(20)25/h7-9,19-20H,6,10-11H2,1-5H3/t19-,20?/m0/s1. The van der Waals surface area contributed by atoms with E-state index in [1.165, 1.54) is 0 Å². The Labute approximate surface area is 170 Å². The highest BCUT2D eigenvalue weighted by atomic mass is 32.2. The largest absolute Gasteiger partial charge is 0.493 e. The number of allylic oxidation sites excluding steroid dienone is 1. The van der Waals surface area contributed by atoms with Crippen LogP contribution in [0.4, 0.5) is 0 Å². The van der Waals surface area contributed by atoms with Crippen molar-refractivity contribution in [2.45, 2.75) is 39.5 Å². The molecule has 0 aromatic heterocycles. The Balaban J connectivity index is 2.18. The maximum absolute atomic E-state index is 13.2. The molecule has 0 N–H and O–H groups in total. The van der Waals surface area contributed by atoms with E-state index in [0.717, 1.165) is 28.5 Å². The minimum absolute atomic E-state index is 0.110. The van der Waals surface area contributed by atoms with Gasteiger partial charge < -0.3 is 9.47 Å². The Morgan fingerprint density at radius 1 is 1.21 bits per heavy atom. The zero-order valence-corrected chi connectivity index (χ0v) is 17.9. The molecule has 1 unspecified atom stereocenters. The lowest BCUT2D eigenvalue weighted by Gasteiger charge is -2.40.